The standard InChI is InChI=1S/C19H30N2O3S/c1-15(2)12-17-13-24-19(8-10-20-11-9-19)14-21(17)25(22,23)18-6-4-16(3)5-7-18/h4-7,15,17,20H,8-14H2,1-3H3/t17-/m1/s1. The summed E-state index contributed by atoms with van der Waals surface area (Å²) in [5.74, 6) is 0.423. The van der Waals surface area contributed by atoms with Gasteiger partial charge in [0.05, 0.1) is 17.1 Å². The lowest BCUT2D eigenvalue weighted by Gasteiger charge is -2.48. The Balaban J connectivity index is 1.92. The van der Waals surface area contributed by atoms with Crippen LogP contribution in [0.5, 0.6) is 0 Å². The van der Waals surface area contributed by atoms with Gasteiger partial charge in [0.1, 0.15) is 0 Å². The average molecular weight is 367 g/mol. The van der Waals surface area contributed by atoms with Crippen LogP contribution in [0.2, 0.25) is 0 Å². The van der Waals surface area contributed by atoms with Gasteiger partial charge in [-0.3, -0.25) is 0 Å². The van der Waals surface area contributed by atoms with Crippen molar-refractivity contribution in [3.63, 3.8) is 0 Å². The summed E-state index contributed by atoms with van der Waals surface area (Å²) >= 11 is 0. The number of nitrogens with zero attached hydrogens (tertiary/aromatic N) is 1. The normalized spacial score (nSPS) is 24.7. The molecule has 25 heavy (non-hydrogen) atoms. The monoisotopic (exact) mass is 366 g/mol. The number of benzene rings is 1. The molecule has 2 heterocycles. The van der Waals surface area contributed by atoms with Crippen LogP contribution in [0.1, 0.15) is 38.7 Å². The zero-order chi connectivity index (χ0) is 18.1. The van der Waals surface area contributed by atoms with Gasteiger partial charge in [0.15, 0.2) is 0 Å². The van der Waals surface area contributed by atoms with Crippen molar-refractivity contribution >= 4 is 10.0 Å². The summed E-state index contributed by atoms with van der Waals surface area (Å²) in [5, 5.41) is 3.34. The van der Waals surface area contributed by atoms with Crippen molar-refractivity contribution in [2.75, 3.05) is 26.2 Å². The molecule has 1 aromatic carbocycles. The maximum absolute atomic E-state index is 13.4. The second kappa shape index (κ2) is 7.35. The quantitative estimate of drug-likeness (QED) is 0.890. The van der Waals surface area contributed by atoms with Crippen molar-refractivity contribution in [1.29, 1.82) is 0 Å². The van der Waals surface area contributed by atoms with E-state index in [-0.39, 0.29) is 11.6 Å². The molecule has 6 heteroatoms. The van der Waals surface area contributed by atoms with Crippen LogP contribution in [-0.4, -0.2) is 50.6 Å². The number of hydrogen-bond acceptors (Lipinski definition) is 4. The fourth-order valence-electron chi connectivity index (χ4n) is 3.86. The third kappa shape index (κ3) is 4.08. The van der Waals surface area contributed by atoms with E-state index in [1.165, 1.54) is 0 Å². The van der Waals surface area contributed by atoms with Crippen molar-refractivity contribution in [2.24, 2.45) is 5.92 Å². The smallest absolute Gasteiger partial charge is 0.243 e. The molecule has 2 saturated heterocycles. The van der Waals surface area contributed by atoms with Gasteiger partial charge in [-0.05, 0) is 57.3 Å². The highest BCUT2D eigenvalue weighted by atomic mass is 32.2. The summed E-state index contributed by atoms with van der Waals surface area (Å²) in [6.07, 6.45) is 2.54. The molecule has 140 valence electrons. The molecule has 0 bridgehead atoms. The Labute approximate surface area is 151 Å². The van der Waals surface area contributed by atoms with Crippen LogP contribution >= 0.6 is 0 Å². The number of morpholine rings is 1. The van der Waals surface area contributed by atoms with Crippen LogP contribution in [0.25, 0.3) is 0 Å². The zero-order valence-corrected chi connectivity index (χ0v) is 16.3. The minimum Gasteiger partial charge on any atom is -0.372 e. The Morgan fingerprint density at radius 3 is 2.48 bits per heavy atom. The summed E-state index contributed by atoms with van der Waals surface area (Å²) in [5.41, 5.74) is 0.728. The van der Waals surface area contributed by atoms with E-state index < -0.39 is 10.0 Å². The van der Waals surface area contributed by atoms with E-state index >= 15 is 0 Å². The maximum atomic E-state index is 13.4. The maximum Gasteiger partial charge on any atom is 0.243 e. The third-order valence-electron chi connectivity index (χ3n) is 5.32. The van der Waals surface area contributed by atoms with E-state index in [9.17, 15) is 8.42 Å². The highest BCUT2D eigenvalue weighted by Crippen LogP contribution is 2.34. The molecule has 0 radical (unpaired) electrons. The topological polar surface area (TPSA) is 58.6 Å². The van der Waals surface area contributed by atoms with Gasteiger partial charge < -0.3 is 10.1 Å². The van der Waals surface area contributed by atoms with Crippen molar-refractivity contribution in [2.45, 2.75) is 56.6 Å². The van der Waals surface area contributed by atoms with E-state index in [0.29, 0.717) is 24.0 Å². The highest BCUT2D eigenvalue weighted by Gasteiger charge is 2.46. The van der Waals surface area contributed by atoms with Gasteiger partial charge in [-0.15, -0.1) is 0 Å². The molecule has 0 saturated carbocycles. The van der Waals surface area contributed by atoms with Gasteiger partial charge in [0.25, 0.3) is 0 Å². The van der Waals surface area contributed by atoms with Gasteiger partial charge in [0, 0.05) is 12.6 Å². The van der Waals surface area contributed by atoms with Crippen LogP contribution in [0.4, 0.5) is 0 Å². The van der Waals surface area contributed by atoms with E-state index in [1.54, 1.807) is 16.4 Å². The minimum absolute atomic E-state index is 0.0909. The number of sulfonamides is 1. The van der Waals surface area contributed by atoms with Crippen molar-refractivity contribution in [1.82, 2.24) is 9.62 Å². The van der Waals surface area contributed by atoms with Gasteiger partial charge in [-0.2, -0.15) is 4.31 Å². The average Bonchev–Trinajstić information content (AvgIpc) is 2.57. The summed E-state index contributed by atoms with van der Waals surface area (Å²) in [6.45, 7) is 8.94. The van der Waals surface area contributed by atoms with E-state index in [0.717, 1.165) is 37.9 Å². The Hall–Kier alpha value is -0.950. The second-order valence-electron chi connectivity index (χ2n) is 7.89. The van der Waals surface area contributed by atoms with Gasteiger partial charge in [-0.1, -0.05) is 31.5 Å². The third-order valence-corrected chi connectivity index (χ3v) is 7.23. The lowest BCUT2D eigenvalue weighted by atomic mass is 9.89. The van der Waals surface area contributed by atoms with Crippen LogP contribution in [0, 0.1) is 12.8 Å². The molecule has 2 aliphatic heterocycles. The molecular weight excluding hydrogens is 336 g/mol. The Kier molecular flexibility index (Phi) is 5.54. The largest absolute Gasteiger partial charge is 0.372 e. The first kappa shape index (κ1) is 18.8. The lowest BCUT2D eigenvalue weighted by Crippen LogP contribution is -2.61. The van der Waals surface area contributed by atoms with Crippen molar-refractivity contribution < 1.29 is 13.2 Å². The SMILES string of the molecule is Cc1ccc(S(=O)(=O)N2CC3(CCNCC3)OC[C@H]2CC(C)C)cc1. The van der Waals surface area contributed by atoms with Crippen LogP contribution in [0.3, 0.4) is 0 Å². The number of rotatable bonds is 4. The molecule has 5 nitrogen and oxygen atoms in total. The van der Waals surface area contributed by atoms with Crippen molar-refractivity contribution in [3.8, 4) is 0 Å². The molecule has 2 aliphatic rings. The van der Waals surface area contributed by atoms with E-state index in [1.807, 2.05) is 19.1 Å². The first-order valence-corrected chi connectivity index (χ1v) is 10.7. The zero-order valence-electron chi connectivity index (χ0n) is 15.5. The molecular formula is C19H30N2O3S. The summed E-state index contributed by atoms with van der Waals surface area (Å²) < 4.78 is 34.7. The molecule has 1 atom stereocenters. The van der Waals surface area contributed by atoms with Crippen LogP contribution in [0.15, 0.2) is 29.2 Å². The van der Waals surface area contributed by atoms with Crippen LogP contribution < -0.4 is 5.32 Å². The molecule has 0 amide bonds. The van der Waals surface area contributed by atoms with Gasteiger partial charge >= 0.3 is 0 Å². The molecule has 3 rings (SSSR count). The Morgan fingerprint density at radius 2 is 1.88 bits per heavy atom. The first-order valence-electron chi connectivity index (χ1n) is 9.26. The van der Waals surface area contributed by atoms with Gasteiger partial charge in [-0.25, -0.2) is 8.42 Å². The fraction of sp³-hybridized carbons (Fsp3) is 0.684. The summed E-state index contributed by atoms with van der Waals surface area (Å²) in [6, 6.07) is 7.09. The molecule has 2 fully saturated rings. The van der Waals surface area contributed by atoms with E-state index in [4.69, 9.17) is 4.74 Å². The predicted octanol–water partition coefficient (Wildman–Crippen LogP) is 2.55. The number of hydrogen-bond donors (Lipinski definition) is 1. The number of aryl methyl sites for hydroxylation is 1. The fourth-order valence-corrected chi connectivity index (χ4v) is 5.55. The van der Waals surface area contributed by atoms with Gasteiger partial charge in [0.2, 0.25) is 10.0 Å². The molecule has 1 aromatic rings. The first-order chi connectivity index (χ1) is 11.8. The highest BCUT2D eigenvalue weighted by molar-refractivity contribution is 7.89. The molecule has 0 aliphatic carbocycles. The summed E-state index contributed by atoms with van der Waals surface area (Å²) in [4.78, 5) is 0.387. The minimum atomic E-state index is -3.52. The Bertz CT molecular complexity index is 679. The molecule has 1 spiro atoms. The number of nitrogens with one attached hydrogen (secondary N) is 1. The second-order valence-corrected chi connectivity index (χ2v) is 9.78. The molecule has 1 N–H and O–H groups in total. The molecule has 0 aromatic heterocycles. The lowest BCUT2D eigenvalue weighted by molar-refractivity contribution is -0.128. The predicted molar refractivity (Wildman–Crippen MR) is 99.1 cm³/mol. The molecule has 0 unspecified atom stereocenters. The van der Waals surface area contributed by atoms with E-state index in [2.05, 4.69) is 19.2 Å². The number of ether oxygens (including phenoxy) is 1. The Morgan fingerprint density at radius 1 is 1.24 bits per heavy atom. The van der Waals surface area contributed by atoms with Crippen LogP contribution in [-0.2, 0) is 14.8 Å². The summed E-state index contributed by atoms with van der Waals surface area (Å²) in [7, 11) is -3.52. The number of piperidine rings is 1. The van der Waals surface area contributed by atoms with Crippen molar-refractivity contribution in [3.05, 3.63) is 29.8 Å².